The number of aliphatic hydroxyl groups is 1. The Bertz CT molecular complexity index is 504. The normalized spacial score (nSPS) is 22.9. The molecule has 0 aromatic heterocycles. The van der Waals surface area contributed by atoms with Gasteiger partial charge >= 0.3 is 5.97 Å². The lowest BCUT2D eigenvalue weighted by Crippen LogP contribution is -2.18. The molecule has 1 rings (SSSR count). The van der Waals surface area contributed by atoms with Crippen LogP contribution in [0.15, 0.2) is 36.5 Å². The van der Waals surface area contributed by atoms with Crippen LogP contribution in [0.2, 0.25) is 0 Å². The zero-order chi connectivity index (χ0) is 18.7. The van der Waals surface area contributed by atoms with Crippen LogP contribution in [0, 0.1) is 17.8 Å². The maximum atomic E-state index is 12.0. The summed E-state index contributed by atoms with van der Waals surface area (Å²) >= 11 is 0. The summed E-state index contributed by atoms with van der Waals surface area (Å²) in [5.74, 6) is -0.259. The first kappa shape index (κ1) is 21.4. The molecule has 0 aliphatic heterocycles. The largest absolute Gasteiger partial charge is 0.479 e. The quantitative estimate of drug-likeness (QED) is 0.516. The van der Waals surface area contributed by atoms with E-state index in [1.165, 1.54) is 19.3 Å². The van der Waals surface area contributed by atoms with Crippen molar-refractivity contribution in [3.8, 4) is 0 Å². The molecule has 0 aromatic rings. The molecule has 4 nitrogen and oxygen atoms in total. The minimum absolute atomic E-state index is 0.0529. The van der Waals surface area contributed by atoms with Gasteiger partial charge in [0.1, 0.15) is 0 Å². The molecule has 1 aliphatic rings. The molecular formula is C21H32O4. The van der Waals surface area contributed by atoms with Crippen molar-refractivity contribution in [2.75, 3.05) is 0 Å². The standard InChI is InChI=1S/C21H32O4/c1-3-4-9-16(2)10-8-11-17-14-15-19(22)18(17)12-6-5-7-13-20(23)21(24)25/h5-6,8,11,14-18,20,23H,3-4,7,9-10,12-13H2,1-2H3,(H,24,25)/t16-,17+,18-,20?/m1/s1. The molecule has 0 aromatic carbocycles. The van der Waals surface area contributed by atoms with Crippen LogP contribution in [-0.2, 0) is 9.59 Å². The van der Waals surface area contributed by atoms with E-state index in [4.69, 9.17) is 5.11 Å². The maximum absolute atomic E-state index is 12.0. The third-order valence-corrected chi connectivity index (χ3v) is 4.71. The van der Waals surface area contributed by atoms with Crippen LogP contribution in [0.4, 0.5) is 0 Å². The SMILES string of the molecule is CCCC[C@@H](C)CC=C[C@H]1C=CC(=O)[C@@H]1CC=CCCC(O)C(=O)O. The summed E-state index contributed by atoms with van der Waals surface area (Å²) in [4.78, 5) is 22.5. The van der Waals surface area contributed by atoms with Crippen molar-refractivity contribution in [3.05, 3.63) is 36.5 Å². The molecule has 25 heavy (non-hydrogen) atoms. The molecule has 0 spiro atoms. The molecular weight excluding hydrogens is 316 g/mol. The van der Waals surface area contributed by atoms with Gasteiger partial charge in [-0.15, -0.1) is 0 Å². The fraction of sp³-hybridized carbons (Fsp3) is 0.619. The van der Waals surface area contributed by atoms with E-state index in [1.54, 1.807) is 6.08 Å². The van der Waals surface area contributed by atoms with Crippen LogP contribution in [0.1, 0.15) is 58.8 Å². The van der Waals surface area contributed by atoms with E-state index in [2.05, 4.69) is 26.0 Å². The molecule has 0 heterocycles. The Morgan fingerprint density at radius 2 is 2.04 bits per heavy atom. The van der Waals surface area contributed by atoms with Crippen molar-refractivity contribution >= 4 is 11.8 Å². The minimum atomic E-state index is -1.31. The van der Waals surface area contributed by atoms with Gasteiger partial charge in [0.15, 0.2) is 11.9 Å². The zero-order valence-electron chi connectivity index (χ0n) is 15.4. The molecule has 1 aliphatic carbocycles. The van der Waals surface area contributed by atoms with Gasteiger partial charge in [0.25, 0.3) is 0 Å². The fourth-order valence-corrected chi connectivity index (χ4v) is 3.00. The van der Waals surface area contributed by atoms with Crippen molar-refractivity contribution in [1.29, 1.82) is 0 Å². The molecule has 0 saturated carbocycles. The Labute approximate surface area is 151 Å². The monoisotopic (exact) mass is 348 g/mol. The van der Waals surface area contributed by atoms with Gasteiger partial charge in [-0.25, -0.2) is 4.79 Å². The highest BCUT2D eigenvalue weighted by Crippen LogP contribution is 2.27. The van der Waals surface area contributed by atoms with E-state index in [0.29, 0.717) is 18.8 Å². The third-order valence-electron chi connectivity index (χ3n) is 4.71. The second-order valence-electron chi connectivity index (χ2n) is 7.00. The summed E-state index contributed by atoms with van der Waals surface area (Å²) in [6, 6.07) is 0. The van der Waals surface area contributed by atoms with Gasteiger partial charge in [0.05, 0.1) is 0 Å². The van der Waals surface area contributed by atoms with Crippen molar-refractivity contribution in [2.45, 2.75) is 64.9 Å². The summed E-state index contributed by atoms with van der Waals surface area (Å²) < 4.78 is 0. The number of allylic oxidation sites excluding steroid dienone is 6. The van der Waals surface area contributed by atoms with Gasteiger partial charge in [-0.2, -0.15) is 0 Å². The molecule has 0 radical (unpaired) electrons. The molecule has 0 bridgehead atoms. The number of hydrogen-bond donors (Lipinski definition) is 2. The van der Waals surface area contributed by atoms with E-state index < -0.39 is 12.1 Å². The van der Waals surface area contributed by atoms with Crippen molar-refractivity contribution in [1.82, 2.24) is 0 Å². The Balaban J connectivity index is 2.39. The maximum Gasteiger partial charge on any atom is 0.332 e. The fourth-order valence-electron chi connectivity index (χ4n) is 3.00. The van der Waals surface area contributed by atoms with Crippen LogP contribution in [0.3, 0.4) is 0 Å². The van der Waals surface area contributed by atoms with Crippen molar-refractivity contribution in [3.63, 3.8) is 0 Å². The van der Waals surface area contributed by atoms with Crippen LogP contribution >= 0.6 is 0 Å². The van der Waals surface area contributed by atoms with Crippen LogP contribution in [-0.4, -0.2) is 28.1 Å². The molecule has 0 amide bonds. The van der Waals surface area contributed by atoms with E-state index >= 15 is 0 Å². The van der Waals surface area contributed by atoms with Crippen LogP contribution in [0.5, 0.6) is 0 Å². The van der Waals surface area contributed by atoms with Gasteiger partial charge in [-0.05, 0) is 37.7 Å². The van der Waals surface area contributed by atoms with E-state index in [9.17, 15) is 14.7 Å². The number of aliphatic carboxylic acids is 1. The summed E-state index contributed by atoms with van der Waals surface area (Å²) in [5, 5.41) is 17.8. The Morgan fingerprint density at radius 1 is 1.28 bits per heavy atom. The highest BCUT2D eigenvalue weighted by molar-refractivity contribution is 5.95. The third kappa shape index (κ3) is 8.30. The number of carbonyl (C=O) groups excluding carboxylic acids is 1. The van der Waals surface area contributed by atoms with Gasteiger partial charge in [-0.1, -0.05) is 63.5 Å². The second-order valence-corrected chi connectivity index (χ2v) is 7.00. The number of hydrogen-bond acceptors (Lipinski definition) is 3. The average molecular weight is 348 g/mol. The van der Waals surface area contributed by atoms with Crippen LogP contribution < -0.4 is 0 Å². The van der Waals surface area contributed by atoms with E-state index in [0.717, 1.165) is 6.42 Å². The topological polar surface area (TPSA) is 74.6 Å². The van der Waals surface area contributed by atoms with E-state index in [-0.39, 0.29) is 24.0 Å². The molecule has 4 heteroatoms. The van der Waals surface area contributed by atoms with Gasteiger partial charge in [0, 0.05) is 11.8 Å². The van der Waals surface area contributed by atoms with Gasteiger partial charge in [0.2, 0.25) is 0 Å². The molecule has 0 saturated heterocycles. The number of rotatable bonds is 12. The predicted molar refractivity (Wildman–Crippen MR) is 100 cm³/mol. The first-order chi connectivity index (χ1) is 12.0. The lowest BCUT2D eigenvalue weighted by atomic mass is 9.90. The van der Waals surface area contributed by atoms with Gasteiger partial charge < -0.3 is 10.2 Å². The highest BCUT2D eigenvalue weighted by atomic mass is 16.4. The van der Waals surface area contributed by atoms with E-state index in [1.807, 2.05) is 18.2 Å². The predicted octanol–water partition coefficient (Wildman–Crippen LogP) is 4.30. The molecule has 1 unspecified atom stereocenters. The van der Waals surface area contributed by atoms with Crippen molar-refractivity contribution in [2.24, 2.45) is 17.8 Å². The lowest BCUT2D eigenvalue weighted by molar-refractivity contribution is -0.146. The second kappa shape index (κ2) is 11.8. The summed E-state index contributed by atoms with van der Waals surface area (Å²) in [7, 11) is 0. The molecule has 0 fully saturated rings. The zero-order valence-corrected chi connectivity index (χ0v) is 15.4. The number of carboxylic acids is 1. The minimum Gasteiger partial charge on any atom is -0.479 e. The Hall–Kier alpha value is -1.68. The number of carboxylic acid groups (broad SMARTS) is 1. The summed E-state index contributed by atoms with van der Waals surface area (Å²) in [5.41, 5.74) is 0. The highest BCUT2D eigenvalue weighted by Gasteiger charge is 2.26. The Kier molecular flexibility index (Phi) is 10.1. The lowest BCUT2D eigenvalue weighted by Gasteiger charge is -2.13. The Morgan fingerprint density at radius 3 is 2.72 bits per heavy atom. The van der Waals surface area contributed by atoms with Crippen molar-refractivity contribution < 1.29 is 19.8 Å². The number of aliphatic hydroxyl groups excluding tert-OH is 1. The summed E-state index contributed by atoms with van der Waals surface area (Å²) in [6.07, 6.45) is 16.6. The van der Waals surface area contributed by atoms with Crippen LogP contribution in [0.25, 0.3) is 0 Å². The number of unbranched alkanes of at least 4 members (excludes halogenated alkanes) is 1. The first-order valence-electron chi connectivity index (χ1n) is 9.40. The number of carbonyl (C=O) groups is 2. The average Bonchev–Trinajstić information content (AvgIpc) is 2.92. The molecule has 140 valence electrons. The smallest absolute Gasteiger partial charge is 0.332 e. The number of ketones is 1. The first-order valence-corrected chi connectivity index (χ1v) is 9.40. The summed E-state index contributed by atoms with van der Waals surface area (Å²) in [6.45, 7) is 4.47. The molecule has 2 N–H and O–H groups in total. The van der Waals surface area contributed by atoms with Gasteiger partial charge in [-0.3, -0.25) is 4.79 Å². The molecule has 4 atom stereocenters.